The van der Waals surface area contributed by atoms with E-state index >= 15 is 0 Å². The van der Waals surface area contributed by atoms with E-state index in [1.807, 2.05) is 13.8 Å². The molecule has 0 N–H and O–H groups in total. The smallest absolute Gasteiger partial charge is 0.258 e. The summed E-state index contributed by atoms with van der Waals surface area (Å²) in [6.45, 7) is 6.62. The molecule has 140 valence electrons. The standard InChI is InChI=1S/C19H18ClFN4O2/c1-4-27-16-7-12(21)5-6-13(16)19(26)24-8-14-15(9-24)23-25-11(3)17(20)10(2)22-18(14)25/h5-7H,4,8-9H2,1-3H3. The number of hydrogen-bond donors (Lipinski definition) is 0. The summed E-state index contributed by atoms with van der Waals surface area (Å²) in [5, 5.41) is 5.17. The van der Waals surface area contributed by atoms with E-state index in [0.717, 1.165) is 22.6 Å². The SMILES string of the molecule is CCOc1cc(F)ccc1C(=O)N1Cc2nn3c(C)c(Cl)c(C)nc3c2C1. The minimum Gasteiger partial charge on any atom is -0.493 e. The Morgan fingerprint density at radius 2 is 2.11 bits per heavy atom. The normalized spacial score (nSPS) is 13.3. The molecule has 4 rings (SSSR count). The molecule has 0 bridgehead atoms. The first-order chi connectivity index (χ1) is 12.9. The van der Waals surface area contributed by atoms with Gasteiger partial charge >= 0.3 is 0 Å². The second kappa shape index (κ2) is 6.49. The van der Waals surface area contributed by atoms with Crippen molar-refractivity contribution in [3.63, 3.8) is 0 Å². The van der Waals surface area contributed by atoms with Gasteiger partial charge in [0.15, 0.2) is 5.65 Å². The molecule has 0 spiro atoms. The van der Waals surface area contributed by atoms with E-state index in [0.29, 0.717) is 35.9 Å². The highest BCUT2D eigenvalue weighted by Crippen LogP contribution is 2.31. The van der Waals surface area contributed by atoms with Crippen molar-refractivity contribution < 1.29 is 13.9 Å². The third-order valence-corrected chi connectivity index (χ3v) is 5.26. The van der Waals surface area contributed by atoms with Crippen molar-refractivity contribution in [3.05, 3.63) is 57.2 Å². The topological polar surface area (TPSA) is 59.7 Å². The van der Waals surface area contributed by atoms with Gasteiger partial charge in [0.1, 0.15) is 11.6 Å². The molecule has 3 heterocycles. The first-order valence-corrected chi connectivity index (χ1v) is 9.03. The molecule has 1 aliphatic rings. The quantitative estimate of drug-likeness (QED) is 0.686. The monoisotopic (exact) mass is 388 g/mol. The van der Waals surface area contributed by atoms with E-state index in [2.05, 4.69) is 10.1 Å². The van der Waals surface area contributed by atoms with Crippen molar-refractivity contribution in [2.75, 3.05) is 6.61 Å². The van der Waals surface area contributed by atoms with Crippen LogP contribution in [0, 0.1) is 19.7 Å². The average molecular weight is 389 g/mol. The van der Waals surface area contributed by atoms with Crippen LogP contribution in [-0.2, 0) is 13.1 Å². The van der Waals surface area contributed by atoms with Gasteiger partial charge in [0.25, 0.3) is 5.91 Å². The number of amides is 1. The summed E-state index contributed by atoms with van der Waals surface area (Å²) in [5.41, 5.74) is 4.30. The molecule has 6 nitrogen and oxygen atoms in total. The Labute approximate surface area is 160 Å². The number of aromatic nitrogens is 3. The summed E-state index contributed by atoms with van der Waals surface area (Å²) in [5.74, 6) is -0.417. The zero-order valence-electron chi connectivity index (χ0n) is 15.2. The lowest BCUT2D eigenvalue weighted by Gasteiger charge is -2.18. The van der Waals surface area contributed by atoms with Gasteiger partial charge in [-0.2, -0.15) is 5.10 Å². The summed E-state index contributed by atoms with van der Waals surface area (Å²) in [7, 11) is 0. The lowest BCUT2D eigenvalue weighted by Crippen LogP contribution is -2.26. The van der Waals surface area contributed by atoms with Crippen LogP contribution in [0.2, 0.25) is 5.02 Å². The van der Waals surface area contributed by atoms with Gasteiger partial charge in [0, 0.05) is 11.6 Å². The van der Waals surface area contributed by atoms with Crippen LogP contribution >= 0.6 is 11.6 Å². The Morgan fingerprint density at radius 3 is 2.85 bits per heavy atom. The van der Waals surface area contributed by atoms with E-state index in [-0.39, 0.29) is 11.7 Å². The minimum absolute atomic E-state index is 0.225. The number of benzene rings is 1. The predicted molar refractivity (Wildman–Crippen MR) is 98.6 cm³/mol. The van der Waals surface area contributed by atoms with Crippen LogP contribution in [0.3, 0.4) is 0 Å². The van der Waals surface area contributed by atoms with Gasteiger partial charge in [-0.3, -0.25) is 4.79 Å². The van der Waals surface area contributed by atoms with Crippen LogP contribution in [0.4, 0.5) is 4.39 Å². The number of ether oxygens (including phenoxy) is 1. The largest absolute Gasteiger partial charge is 0.493 e. The second-order valence-electron chi connectivity index (χ2n) is 6.49. The van der Waals surface area contributed by atoms with Gasteiger partial charge in [0.05, 0.1) is 47.4 Å². The summed E-state index contributed by atoms with van der Waals surface area (Å²) in [6, 6.07) is 3.96. The molecule has 8 heteroatoms. The van der Waals surface area contributed by atoms with Crippen LogP contribution in [0.15, 0.2) is 18.2 Å². The molecule has 2 aromatic heterocycles. The van der Waals surface area contributed by atoms with Gasteiger partial charge in [-0.05, 0) is 32.9 Å². The van der Waals surface area contributed by atoms with Crippen molar-refractivity contribution in [1.29, 1.82) is 0 Å². The maximum absolute atomic E-state index is 13.5. The van der Waals surface area contributed by atoms with E-state index < -0.39 is 5.82 Å². The molecule has 1 aliphatic heterocycles. The Bertz CT molecular complexity index is 1080. The highest BCUT2D eigenvalue weighted by atomic mass is 35.5. The highest BCUT2D eigenvalue weighted by molar-refractivity contribution is 6.31. The van der Waals surface area contributed by atoms with Gasteiger partial charge in [-0.1, -0.05) is 11.6 Å². The Morgan fingerprint density at radius 1 is 1.33 bits per heavy atom. The molecule has 0 aliphatic carbocycles. The fourth-order valence-corrected chi connectivity index (χ4v) is 3.50. The molecule has 0 unspecified atom stereocenters. The molecule has 0 radical (unpaired) electrons. The fraction of sp³-hybridized carbons (Fsp3) is 0.316. The molecule has 0 saturated carbocycles. The van der Waals surface area contributed by atoms with Crippen LogP contribution in [0.5, 0.6) is 5.75 Å². The van der Waals surface area contributed by atoms with Crippen LogP contribution in [0.1, 0.15) is 39.9 Å². The molecule has 27 heavy (non-hydrogen) atoms. The molecule has 1 amide bonds. The molecular formula is C19H18ClFN4O2. The second-order valence-corrected chi connectivity index (χ2v) is 6.87. The third-order valence-electron chi connectivity index (χ3n) is 4.72. The third kappa shape index (κ3) is 2.82. The maximum Gasteiger partial charge on any atom is 0.258 e. The Kier molecular flexibility index (Phi) is 4.26. The number of nitrogens with zero attached hydrogens (tertiary/aromatic N) is 4. The van der Waals surface area contributed by atoms with E-state index in [1.54, 1.807) is 16.3 Å². The first-order valence-electron chi connectivity index (χ1n) is 8.65. The van der Waals surface area contributed by atoms with E-state index in [9.17, 15) is 9.18 Å². The van der Waals surface area contributed by atoms with Gasteiger partial charge in [-0.15, -0.1) is 0 Å². The maximum atomic E-state index is 13.5. The lowest BCUT2D eigenvalue weighted by molar-refractivity contribution is 0.0745. The van der Waals surface area contributed by atoms with Gasteiger partial charge < -0.3 is 9.64 Å². The van der Waals surface area contributed by atoms with Crippen molar-refractivity contribution in [3.8, 4) is 5.75 Å². The van der Waals surface area contributed by atoms with E-state index in [4.69, 9.17) is 16.3 Å². The van der Waals surface area contributed by atoms with Crippen molar-refractivity contribution in [2.24, 2.45) is 0 Å². The minimum atomic E-state index is -0.440. The first kappa shape index (κ1) is 17.7. The molecule has 0 fully saturated rings. The zero-order valence-corrected chi connectivity index (χ0v) is 16.0. The number of carbonyl (C=O) groups excluding carboxylic acids is 1. The number of carbonyl (C=O) groups is 1. The number of hydrogen-bond acceptors (Lipinski definition) is 4. The molecule has 3 aromatic rings. The van der Waals surface area contributed by atoms with Crippen molar-refractivity contribution in [2.45, 2.75) is 33.9 Å². The van der Waals surface area contributed by atoms with Crippen LogP contribution in [-0.4, -0.2) is 32.0 Å². The van der Waals surface area contributed by atoms with Gasteiger partial charge in [0.2, 0.25) is 0 Å². The summed E-state index contributed by atoms with van der Waals surface area (Å²) in [4.78, 5) is 19.2. The number of fused-ring (bicyclic) bond motifs is 3. The zero-order chi connectivity index (χ0) is 19.3. The average Bonchev–Trinajstić information content (AvgIpc) is 3.19. The van der Waals surface area contributed by atoms with E-state index in [1.165, 1.54) is 18.2 Å². The highest BCUT2D eigenvalue weighted by Gasteiger charge is 2.31. The predicted octanol–water partition coefficient (Wildman–Crippen LogP) is 3.69. The Hall–Kier alpha value is -2.67. The van der Waals surface area contributed by atoms with Gasteiger partial charge in [-0.25, -0.2) is 13.9 Å². The number of halogens is 2. The van der Waals surface area contributed by atoms with Crippen molar-refractivity contribution in [1.82, 2.24) is 19.5 Å². The van der Waals surface area contributed by atoms with Crippen molar-refractivity contribution >= 4 is 23.2 Å². The fourth-order valence-electron chi connectivity index (χ4n) is 3.38. The molecular weight excluding hydrogens is 371 g/mol. The lowest BCUT2D eigenvalue weighted by atomic mass is 10.1. The molecule has 0 atom stereocenters. The number of aryl methyl sites for hydroxylation is 2. The van der Waals surface area contributed by atoms with Crippen LogP contribution in [0.25, 0.3) is 5.65 Å². The van der Waals surface area contributed by atoms with Crippen LogP contribution < -0.4 is 4.74 Å². The molecule has 1 aromatic carbocycles. The Balaban J connectivity index is 1.69. The summed E-state index contributed by atoms with van der Waals surface area (Å²) < 4.78 is 20.7. The summed E-state index contributed by atoms with van der Waals surface area (Å²) in [6.07, 6.45) is 0. The summed E-state index contributed by atoms with van der Waals surface area (Å²) >= 11 is 6.27. The number of rotatable bonds is 3. The molecule has 0 saturated heterocycles.